The molecular formula is C14H18INO7. The lowest BCUT2D eigenvalue weighted by Crippen LogP contribution is -2.13. The van der Waals surface area contributed by atoms with Crippen LogP contribution < -0.4 is 4.74 Å². The molecular weight excluding hydrogens is 421 g/mol. The second-order valence-corrected chi connectivity index (χ2v) is 6.51. The largest absolute Gasteiger partial charge is 0.514 e. The van der Waals surface area contributed by atoms with Crippen LogP contribution in [0.4, 0.5) is 10.5 Å². The molecule has 1 atom stereocenters. The Morgan fingerprint density at radius 2 is 1.78 bits per heavy atom. The standard InChI is InChI=1S/C9H8INO5.C5H10O2/c1-6(10)15-9(12)16-8-4-2-7(3-5-8)11(13)14;1-4(2)3-5(6)7/h2-6H,1H3;4H,3H2,1-2H3,(H,6,7). The number of carbonyl (C=O) groups is 2. The van der Waals surface area contributed by atoms with E-state index in [4.69, 9.17) is 14.6 Å². The fraction of sp³-hybridized carbons (Fsp3) is 0.429. The fourth-order valence-electron chi connectivity index (χ4n) is 1.24. The maximum Gasteiger partial charge on any atom is 0.514 e. The van der Waals surface area contributed by atoms with E-state index in [1.807, 2.05) is 36.4 Å². The van der Waals surface area contributed by atoms with E-state index in [0.717, 1.165) is 0 Å². The van der Waals surface area contributed by atoms with Crippen LogP contribution in [0.2, 0.25) is 0 Å². The molecule has 0 bridgehead atoms. The lowest BCUT2D eigenvalue weighted by atomic mass is 10.1. The van der Waals surface area contributed by atoms with Crippen LogP contribution in [0, 0.1) is 16.0 Å². The van der Waals surface area contributed by atoms with Gasteiger partial charge in [-0.25, -0.2) is 4.79 Å². The third kappa shape index (κ3) is 11.3. The summed E-state index contributed by atoms with van der Waals surface area (Å²) < 4.78 is 9.19. The topological polar surface area (TPSA) is 116 Å². The number of nitrogens with zero attached hydrogens (tertiary/aromatic N) is 1. The van der Waals surface area contributed by atoms with Crippen LogP contribution in [0.15, 0.2) is 24.3 Å². The lowest BCUT2D eigenvalue weighted by molar-refractivity contribution is -0.384. The Kier molecular flexibility index (Phi) is 9.86. The summed E-state index contributed by atoms with van der Waals surface area (Å²) in [6, 6.07) is 5.15. The Bertz CT molecular complexity index is 528. The van der Waals surface area contributed by atoms with Crippen LogP contribution in [0.5, 0.6) is 5.75 Å². The molecule has 1 unspecified atom stereocenters. The molecule has 0 saturated carbocycles. The number of hydrogen-bond acceptors (Lipinski definition) is 6. The van der Waals surface area contributed by atoms with Crippen molar-refractivity contribution >= 4 is 40.4 Å². The highest BCUT2D eigenvalue weighted by atomic mass is 127. The smallest absolute Gasteiger partial charge is 0.481 e. The lowest BCUT2D eigenvalue weighted by Gasteiger charge is -2.06. The van der Waals surface area contributed by atoms with Gasteiger partial charge in [0.15, 0.2) is 4.11 Å². The van der Waals surface area contributed by atoms with Gasteiger partial charge in [0.2, 0.25) is 0 Å². The van der Waals surface area contributed by atoms with Crippen LogP contribution in [0.25, 0.3) is 0 Å². The number of alkyl halides is 1. The van der Waals surface area contributed by atoms with Crippen molar-refractivity contribution in [2.75, 3.05) is 0 Å². The molecule has 1 N–H and O–H groups in total. The predicted molar refractivity (Wildman–Crippen MR) is 90.8 cm³/mol. The molecule has 23 heavy (non-hydrogen) atoms. The van der Waals surface area contributed by atoms with Crippen molar-refractivity contribution in [3.05, 3.63) is 34.4 Å². The molecule has 0 heterocycles. The van der Waals surface area contributed by atoms with E-state index >= 15 is 0 Å². The summed E-state index contributed by atoms with van der Waals surface area (Å²) in [4.78, 5) is 30.7. The molecule has 1 rings (SSSR count). The molecule has 0 radical (unpaired) electrons. The van der Waals surface area contributed by atoms with Crippen LogP contribution in [0.3, 0.4) is 0 Å². The van der Waals surface area contributed by atoms with E-state index in [0.29, 0.717) is 0 Å². The van der Waals surface area contributed by atoms with Gasteiger partial charge in [-0.3, -0.25) is 14.9 Å². The molecule has 1 aromatic carbocycles. The van der Waals surface area contributed by atoms with E-state index < -0.39 is 17.0 Å². The first-order valence-electron chi connectivity index (χ1n) is 6.60. The van der Waals surface area contributed by atoms with Gasteiger partial charge in [0.05, 0.1) is 4.92 Å². The minimum atomic E-state index is -0.837. The summed E-state index contributed by atoms with van der Waals surface area (Å²) >= 11 is 1.90. The average molecular weight is 439 g/mol. The van der Waals surface area contributed by atoms with Gasteiger partial charge in [-0.05, 0) is 47.6 Å². The second-order valence-electron chi connectivity index (χ2n) is 4.76. The molecule has 0 aliphatic rings. The molecule has 8 nitrogen and oxygen atoms in total. The third-order valence-corrected chi connectivity index (χ3v) is 2.34. The van der Waals surface area contributed by atoms with Crippen LogP contribution in [0.1, 0.15) is 27.2 Å². The number of aliphatic carboxylic acids is 1. The first-order chi connectivity index (χ1) is 10.6. The molecule has 0 saturated heterocycles. The minimum Gasteiger partial charge on any atom is -0.481 e. The number of carboxylic acid groups (broad SMARTS) is 1. The average Bonchev–Trinajstić information content (AvgIpc) is 2.37. The second kappa shape index (κ2) is 10.8. The number of nitro groups is 1. The van der Waals surface area contributed by atoms with Gasteiger partial charge in [-0.15, -0.1) is 0 Å². The fourth-order valence-corrected chi connectivity index (χ4v) is 1.45. The normalized spacial score (nSPS) is 11.0. The quantitative estimate of drug-likeness (QED) is 0.184. The van der Waals surface area contributed by atoms with Crippen molar-refractivity contribution in [1.29, 1.82) is 0 Å². The highest BCUT2D eigenvalue weighted by molar-refractivity contribution is 14.1. The van der Waals surface area contributed by atoms with Gasteiger partial charge in [0.1, 0.15) is 5.75 Å². The summed E-state index contributed by atoms with van der Waals surface area (Å²) in [5.74, 6) is -0.236. The van der Waals surface area contributed by atoms with Crippen molar-refractivity contribution in [3.63, 3.8) is 0 Å². The van der Waals surface area contributed by atoms with Crippen molar-refractivity contribution in [1.82, 2.24) is 0 Å². The maximum atomic E-state index is 11.1. The predicted octanol–water partition coefficient (Wildman–Crippen LogP) is 4.01. The number of carboxylic acids is 1. The van der Waals surface area contributed by atoms with Crippen LogP contribution in [-0.4, -0.2) is 26.3 Å². The van der Waals surface area contributed by atoms with Gasteiger partial charge in [0.25, 0.3) is 5.69 Å². The molecule has 0 aliphatic heterocycles. The first kappa shape index (κ1) is 21.1. The zero-order chi connectivity index (χ0) is 18.0. The van der Waals surface area contributed by atoms with Crippen molar-refractivity contribution in [2.24, 2.45) is 5.92 Å². The molecule has 0 spiro atoms. The molecule has 0 fully saturated rings. The molecule has 0 aliphatic carbocycles. The number of carbonyl (C=O) groups excluding carboxylic acids is 1. The van der Waals surface area contributed by atoms with Gasteiger partial charge in [-0.1, -0.05) is 13.8 Å². The Morgan fingerprint density at radius 3 is 2.09 bits per heavy atom. The zero-order valence-electron chi connectivity index (χ0n) is 12.9. The Morgan fingerprint density at radius 1 is 1.26 bits per heavy atom. The highest BCUT2D eigenvalue weighted by Crippen LogP contribution is 2.18. The van der Waals surface area contributed by atoms with Gasteiger partial charge in [0, 0.05) is 18.6 Å². The van der Waals surface area contributed by atoms with E-state index in [1.165, 1.54) is 24.3 Å². The number of hydrogen-bond donors (Lipinski definition) is 1. The highest BCUT2D eigenvalue weighted by Gasteiger charge is 2.10. The molecule has 0 aromatic heterocycles. The van der Waals surface area contributed by atoms with Gasteiger partial charge >= 0.3 is 12.1 Å². The molecule has 1 aromatic rings. The summed E-state index contributed by atoms with van der Waals surface area (Å²) in [6.45, 7) is 5.44. The van der Waals surface area contributed by atoms with Crippen LogP contribution in [-0.2, 0) is 9.53 Å². The number of halogens is 1. The summed E-state index contributed by atoms with van der Waals surface area (Å²) in [5, 5.41) is 18.4. The minimum absolute atomic E-state index is 0.0667. The zero-order valence-corrected chi connectivity index (χ0v) is 15.1. The van der Waals surface area contributed by atoms with Gasteiger partial charge in [-0.2, -0.15) is 0 Å². The van der Waals surface area contributed by atoms with Crippen molar-refractivity contribution in [2.45, 2.75) is 31.3 Å². The third-order valence-electron chi connectivity index (χ3n) is 2.09. The molecule has 9 heteroatoms. The number of benzene rings is 1. The van der Waals surface area contributed by atoms with E-state index in [1.54, 1.807) is 6.92 Å². The molecule has 0 amide bonds. The van der Waals surface area contributed by atoms with Crippen molar-refractivity contribution < 1.29 is 29.1 Å². The summed E-state index contributed by atoms with van der Waals surface area (Å²) in [7, 11) is 0. The van der Waals surface area contributed by atoms with Gasteiger partial charge < -0.3 is 14.6 Å². The number of nitro benzene ring substituents is 1. The number of non-ortho nitro benzene ring substituents is 1. The van der Waals surface area contributed by atoms with E-state index in [9.17, 15) is 19.7 Å². The Balaban J connectivity index is 0.000000585. The number of ether oxygens (including phenoxy) is 2. The van der Waals surface area contributed by atoms with E-state index in [-0.39, 0.29) is 27.9 Å². The SMILES string of the molecule is CC(C)CC(=O)O.CC(I)OC(=O)Oc1ccc([N+](=O)[O-])cc1. The van der Waals surface area contributed by atoms with Crippen molar-refractivity contribution in [3.8, 4) is 5.75 Å². The maximum absolute atomic E-state index is 11.1. The Labute approximate surface area is 147 Å². The number of rotatable bonds is 5. The molecule has 128 valence electrons. The monoisotopic (exact) mass is 439 g/mol. The summed E-state index contributed by atoms with van der Waals surface area (Å²) in [5.41, 5.74) is -0.0667. The Hall–Kier alpha value is -1.91. The first-order valence-corrected chi connectivity index (χ1v) is 7.85. The van der Waals surface area contributed by atoms with E-state index in [2.05, 4.69) is 0 Å². The summed E-state index contributed by atoms with van der Waals surface area (Å²) in [6.07, 6.45) is -0.559. The van der Waals surface area contributed by atoms with Crippen LogP contribution >= 0.6 is 22.6 Å².